The van der Waals surface area contributed by atoms with Gasteiger partial charge < -0.3 is 14.2 Å². The first-order valence-electron chi connectivity index (χ1n) is 10.7. The summed E-state index contributed by atoms with van der Waals surface area (Å²) in [6.07, 6.45) is 6.36. The number of hydrogen-bond acceptors (Lipinski definition) is 3. The van der Waals surface area contributed by atoms with E-state index < -0.39 is 0 Å². The van der Waals surface area contributed by atoms with Gasteiger partial charge in [0.25, 0.3) is 0 Å². The fraction of sp³-hybridized carbons (Fsp3) is 0.500. The van der Waals surface area contributed by atoms with Crippen molar-refractivity contribution in [3.8, 4) is 0 Å². The van der Waals surface area contributed by atoms with Gasteiger partial charge in [-0.05, 0) is 56.2 Å². The summed E-state index contributed by atoms with van der Waals surface area (Å²) in [6.45, 7) is 4.72. The first kappa shape index (κ1) is 19.7. The number of rotatable bonds is 6. The highest BCUT2D eigenvalue weighted by Gasteiger charge is 2.37. The lowest BCUT2D eigenvalue weighted by Gasteiger charge is -2.33. The van der Waals surface area contributed by atoms with Gasteiger partial charge in [-0.25, -0.2) is 0 Å². The van der Waals surface area contributed by atoms with E-state index in [1.54, 1.807) is 11.2 Å². The third-order valence-electron chi connectivity index (χ3n) is 6.38. The van der Waals surface area contributed by atoms with Gasteiger partial charge in [0.05, 0.1) is 18.7 Å². The van der Waals surface area contributed by atoms with Crippen molar-refractivity contribution in [2.45, 2.75) is 45.6 Å². The van der Waals surface area contributed by atoms with Crippen molar-refractivity contribution < 1.29 is 14.0 Å². The molecule has 2 aliphatic rings. The number of carbonyl (C=O) groups excluding carboxylic acids is 2. The van der Waals surface area contributed by atoms with Gasteiger partial charge in [0.1, 0.15) is 5.76 Å². The van der Waals surface area contributed by atoms with Crippen LogP contribution in [0, 0.1) is 18.8 Å². The molecule has 2 saturated heterocycles. The summed E-state index contributed by atoms with van der Waals surface area (Å²) in [6, 6.07) is 12.5. The van der Waals surface area contributed by atoms with E-state index in [2.05, 4.69) is 31.2 Å². The SMILES string of the molecule is Cc1ccc(CCC2CCN(C(=O)[C@H]3CC(=O)N(Cc4ccco4)C3)CC2)cc1. The predicted molar refractivity (Wildman–Crippen MR) is 111 cm³/mol. The van der Waals surface area contributed by atoms with Crippen LogP contribution in [0.15, 0.2) is 47.1 Å². The predicted octanol–water partition coefficient (Wildman–Crippen LogP) is 3.81. The van der Waals surface area contributed by atoms with Gasteiger partial charge in [0.15, 0.2) is 0 Å². The Bertz CT molecular complexity index is 820. The molecule has 0 aliphatic carbocycles. The van der Waals surface area contributed by atoms with Gasteiger partial charge in [-0.3, -0.25) is 9.59 Å². The highest BCUT2D eigenvalue weighted by molar-refractivity contribution is 5.89. The van der Waals surface area contributed by atoms with Crippen molar-refractivity contribution in [2.24, 2.45) is 11.8 Å². The zero-order chi connectivity index (χ0) is 20.2. The van der Waals surface area contributed by atoms with Gasteiger partial charge in [0, 0.05) is 26.1 Å². The number of benzene rings is 1. The zero-order valence-electron chi connectivity index (χ0n) is 17.2. The van der Waals surface area contributed by atoms with E-state index in [0.717, 1.165) is 38.1 Å². The second-order valence-electron chi connectivity index (χ2n) is 8.55. The molecule has 5 nitrogen and oxygen atoms in total. The second kappa shape index (κ2) is 8.85. The van der Waals surface area contributed by atoms with E-state index in [1.165, 1.54) is 17.5 Å². The van der Waals surface area contributed by atoms with Crippen molar-refractivity contribution in [1.29, 1.82) is 0 Å². The molecule has 29 heavy (non-hydrogen) atoms. The van der Waals surface area contributed by atoms with Crippen molar-refractivity contribution in [3.63, 3.8) is 0 Å². The quantitative estimate of drug-likeness (QED) is 0.749. The Morgan fingerprint density at radius 2 is 1.90 bits per heavy atom. The Kier molecular flexibility index (Phi) is 6.02. The van der Waals surface area contributed by atoms with Crippen LogP contribution in [0.3, 0.4) is 0 Å². The van der Waals surface area contributed by atoms with Crippen LogP contribution in [0.5, 0.6) is 0 Å². The second-order valence-corrected chi connectivity index (χ2v) is 8.55. The molecule has 2 amide bonds. The third-order valence-corrected chi connectivity index (χ3v) is 6.38. The van der Waals surface area contributed by atoms with Gasteiger partial charge in [-0.15, -0.1) is 0 Å². The van der Waals surface area contributed by atoms with Crippen LogP contribution < -0.4 is 0 Å². The zero-order valence-corrected chi connectivity index (χ0v) is 17.2. The van der Waals surface area contributed by atoms with E-state index in [1.807, 2.05) is 17.0 Å². The largest absolute Gasteiger partial charge is 0.467 e. The Morgan fingerprint density at radius 3 is 2.59 bits per heavy atom. The highest BCUT2D eigenvalue weighted by Crippen LogP contribution is 2.27. The monoisotopic (exact) mass is 394 g/mol. The van der Waals surface area contributed by atoms with Crippen LogP contribution in [0.2, 0.25) is 0 Å². The summed E-state index contributed by atoms with van der Waals surface area (Å²) in [4.78, 5) is 29.0. The molecule has 5 heteroatoms. The fourth-order valence-electron chi connectivity index (χ4n) is 4.51. The summed E-state index contributed by atoms with van der Waals surface area (Å²) >= 11 is 0. The molecule has 1 aromatic carbocycles. The maximum absolute atomic E-state index is 12.9. The minimum Gasteiger partial charge on any atom is -0.467 e. The maximum Gasteiger partial charge on any atom is 0.227 e. The first-order chi connectivity index (χ1) is 14.1. The van der Waals surface area contributed by atoms with Crippen LogP contribution in [-0.2, 0) is 22.6 Å². The summed E-state index contributed by atoms with van der Waals surface area (Å²) in [5, 5.41) is 0. The number of likely N-dealkylation sites (tertiary alicyclic amines) is 2. The minimum absolute atomic E-state index is 0.0488. The van der Waals surface area contributed by atoms with E-state index in [9.17, 15) is 9.59 Å². The molecule has 2 aliphatic heterocycles. The lowest BCUT2D eigenvalue weighted by Crippen LogP contribution is -2.42. The van der Waals surface area contributed by atoms with Crippen molar-refractivity contribution >= 4 is 11.8 Å². The number of carbonyl (C=O) groups is 2. The van der Waals surface area contributed by atoms with Gasteiger partial charge in [-0.2, -0.15) is 0 Å². The topological polar surface area (TPSA) is 53.8 Å². The highest BCUT2D eigenvalue weighted by atomic mass is 16.3. The lowest BCUT2D eigenvalue weighted by atomic mass is 9.90. The molecule has 0 saturated carbocycles. The van der Waals surface area contributed by atoms with Crippen molar-refractivity contribution in [2.75, 3.05) is 19.6 Å². The molecule has 3 heterocycles. The number of aryl methyl sites for hydroxylation is 2. The van der Waals surface area contributed by atoms with Crippen LogP contribution in [0.1, 0.15) is 42.6 Å². The Labute approximate surface area is 172 Å². The fourth-order valence-corrected chi connectivity index (χ4v) is 4.51. The van der Waals surface area contributed by atoms with Crippen LogP contribution >= 0.6 is 0 Å². The molecule has 0 bridgehead atoms. The average Bonchev–Trinajstić information content (AvgIpc) is 3.38. The molecular formula is C24H30N2O3. The van der Waals surface area contributed by atoms with E-state index >= 15 is 0 Å². The summed E-state index contributed by atoms with van der Waals surface area (Å²) in [5.74, 6) is 1.44. The van der Waals surface area contributed by atoms with Crippen molar-refractivity contribution in [1.82, 2.24) is 9.80 Å². The number of furan rings is 1. The Morgan fingerprint density at radius 1 is 1.14 bits per heavy atom. The average molecular weight is 395 g/mol. The number of piperidine rings is 1. The summed E-state index contributed by atoms with van der Waals surface area (Å²) < 4.78 is 5.34. The lowest BCUT2D eigenvalue weighted by molar-refractivity contribution is -0.137. The van der Waals surface area contributed by atoms with E-state index in [0.29, 0.717) is 25.4 Å². The molecule has 1 aromatic heterocycles. The molecule has 0 radical (unpaired) electrons. The normalized spacial score (nSPS) is 20.4. The molecule has 1 atom stereocenters. The molecule has 2 aromatic rings. The molecular weight excluding hydrogens is 364 g/mol. The van der Waals surface area contributed by atoms with Crippen molar-refractivity contribution in [3.05, 3.63) is 59.5 Å². The van der Waals surface area contributed by atoms with Gasteiger partial charge in [0.2, 0.25) is 11.8 Å². The summed E-state index contributed by atoms with van der Waals surface area (Å²) in [7, 11) is 0. The van der Waals surface area contributed by atoms with E-state index in [-0.39, 0.29) is 17.7 Å². The van der Waals surface area contributed by atoms with Gasteiger partial charge >= 0.3 is 0 Å². The smallest absolute Gasteiger partial charge is 0.227 e. The standard InChI is InChI=1S/C24H30N2O3/c1-18-4-6-19(7-5-18)8-9-20-10-12-25(13-11-20)24(28)21-15-23(27)26(16-21)17-22-3-2-14-29-22/h2-7,14,20-21H,8-13,15-17H2,1H3/t21-/m0/s1. The molecule has 154 valence electrons. The minimum atomic E-state index is -0.207. The molecule has 0 unspecified atom stereocenters. The molecule has 2 fully saturated rings. The molecule has 0 N–H and O–H groups in total. The number of amides is 2. The third kappa shape index (κ3) is 4.89. The van der Waals surface area contributed by atoms with E-state index in [4.69, 9.17) is 4.42 Å². The van der Waals surface area contributed by atoms with Crippen LogP contribution in [0.25, 0.3) is 0 Å². The Hall–Kier alpha value is -2.56. The Balaban J connectivity index is 1.22. The van der Waals surface area contributed by atoms with Crippen LogP contribution in [0.4, 0.5) is 0 Å². The number of nitrogens with zero attached hydrogens (tertiary/aromatic N) is 2. The molecule has 4 rings (SSSR count). The maximum atomic E-state index is 12.9. The van der Waals surface area contributed by atoms with Gasteiger partial charge in [-0.1, -0.05) is 29.8 Å². The van der Waals surface area contributed by atoms with Crippen LogP contribution in [-0.4, -0.2) is 41.2 Å². The summed E-state index contributed by atoms with van der Waals surface area (Å²) in [5.41, 5.74) is 2.70. The molecule has 0 spiro atoms. The number of hydrogen-bond donors (Lipinski definition) is 0. The first-order valence-corrected chi connectivity index (χ1v) is 10.7.